The third-order valence-corrected chi connectivity index (χ3v) is 3.73. The SMILES string of the molecule is Cc1oc(-c2ccccc2)nc1C(=O)N(C)Cc1ccccc1F. The van der Waals surface area contributed by atoms with Crippen LogP contribution in [0.1, 0.15) is 21.8 Å². The van der Waals surface area contributed by atoms with Gasteiger partial charge in [0.2, 0.25) is 5.89 Å². The van der Waals surface area contributed by atoms with E-state index in [-0.39, 0.29) is 24.0 Å². The molecule has 0 atom stereocenters. The molecule has 3 rings (SSSR count). The Bertz CT molecular complexity index is 859. The highest BCUT2D eigenvalue weighted by molar-refractivity contribution is 5.93. The first-order valence-corrected chi connectivity index (χ1v) is 7.58. The lowest BCUT2D eigenvalue weighted by Crippen LogP contribution is -2.27. The highest BCUT2D eigenvalue weighted by atomic mass is 19.1. The van der Waals surface area contributed by atoms with Crippen molar-refractivity contribution in [2.24, 2.45) is 0 Å². The van der Waals surface area contributed by atoms with Crippen molar-refractivity contribution in [1.82, 2.24) is 9.88 Å². The summed E-state index contributed by atoms with van der Waals surface area (Å²) in [6.07, 6.45) is 0. The minimum absolute atomic E-state index is 0.165. The van der Waals surface area contributed by atoms with E-state index in [1.165, 1.54) is 11.0 Å². The average molecular weight is 324 g/mol. The molecule has 1 heterocycles. The van der Waals surface area contributed by atoms with Crippen LogP contribution in [0, 0.1) is 12.7 Å². The lowest BCUT2D eigenvalue weighted by atomic mass is 10.2. The molecule has 0 saturated heterocycles. The van der Waals surface area contributed by atoms with E-state index in [9.17, 15) is 9.18 Å². The predicted octanol–water partition coefficient (Wildman–Crippen LogP) is 4.06. The van der Waals surface area contributed by atoms with E-state index in [1.807, 2.05) is 30.3 Å². The Morgan fingerprint density at radius 3 is 2.50 bits per heavy atom. The monoisotopic (exact) mass is 324 g/mol. The molecule has 0 bridgehead atoms. The molecule has 0 aliphatic heterocycles. The van der Waals surface area contributed by atoms with Crippen LogP contribution in [0.25, 0.3) is 11.5 Å². The molecule has 0 spiro atoms. The summed E-state index contributed by atoms with van der Waals surface area (Å²) in [6.45, 7) is 1.86. The maximum atomic E-state index is 13.7. The number of aromatic nitrogens is 1. The van der Waals surface area contributed by atoms with Crippen molar-refractivity contribution in [2.45, 2.75) is 13.5 Å². The van der Waals surface area contributed by atoms with Crippen molar-refractivity contribution >= 4 is 5.91 Å². The van der Waals surface area contributed by atoms with Gasteiger partial charge in [0, 0.05) is 24.7 Å². The number of carbonyl (C=O) groups excluding carboxylic acids is 1. The second-order valence-electron chi connectivity index (χ2n) is 5.54. The van der Waals surface area contributed by atoms with Gasteiger partial charge in [0.25, 0.3) is 5.91 Å². The third-order valence-electron chi connectivity index (χ3n) is 3.73. The molecule has 0 unspecified atom stereocenters. The van der Waals surface area contributed by atoms with E-state index in [0.717, 1.165) is 5.56 Å². The zero-order valence-corrected chi connectivity index (χ0v) is 13.5. The number of nitrogens with zero attached hydrogens (tertiary/aromatic N) is 2. The average Bonchev–Trinajstić information content (AvgIpc) is 2.99. The largest absolute Gasteiger partial charge is 0.441 e. The van der Waals surface area contributed by atoms with Crippen LogP contribution in [0.4, 0.5) is 4.39 Å². The van der Waals surface area contributed by atoms with Crippen LogP contribution in [-0.4, -0.2) is 22.8 Å². The van der Waals surface area contributed by atoms with Crippen LogP contribution in [-0.2, 0) is 6.54 Å². The molecule has 5 heteroatoms. The summed E-state index contributed by atoms with van der Waals surface area (Å²) in [4.78, 5) is 18.3. The van der Waals surface area contributed by atoms with Crippen molar-refractivity contribution in [1.29, 1.82) is 0 Å². The number of oxazole rings is 1. The lowest BCUT2D eigenvalue weighted by Gasteiger charge is -2.16. The molecule has 4 nitrogen and oxygen atoms in total. The number of amides is 1. The smallest absolute Gasteiger partial charge is 0.276 e. The summed E-state index contributed by atoms with van der Waals surface area (Å²) in [5, 5.41) is 0. The van der Waals surface area contributed by atoms with Crippen LogP contribution < -0.4 is 0 Å². The number of rotatable bonds is 4. The molecule has 0 aliphatic carbocycles. The fraction of sp³-hybridized carbons (Fsp3) is 0.158. The number of carbonyl (C=O) groups is 1. The second kappa shape index (κ2) is 6.66. The Kier molecular flexibility index (Phi) is 4.42. The van der Waals surface area contributed by atoms with Gasteiger partial charge in [-0.1, -0.05) is 36.4 Å². The highest BCUT2D eigenvalue weighted by Crippen LogP contribution is 2.22. The predicted molar refractivity (Wildman–Crippen MR) is 88.9 cm³/mol. The zero-order chi connectivity index (χ0) is 17.1. The van der Waals surface area contributed by atoms with Crippen LogP contribution in [0.2, 0.25) is 0 Å². The Morgan fingerprint density at radius 1 is 1.12 bits per heavy atom. The summed E-state index contributed by atoms with van der Waals surface area (Å²) < 4.78 is 19.4. The maximum Gasteiger partial charge on any atom is 0.276 e. The fourth-order valence-corrected chi connectivity index (χ4v) is 2.43. The lowest BCUT2D eigenvalue weighted by molar-refractivity contribution is 0.0777. The van der Waals surface area contributed by atoms with Crippen molar-refractivity contribution in [3.05, 3.63) is 77.4 Å². The first kappa shape index (κ1) is 15.9. The Labute approximate surface area is 139 Å². The summed E-state index contributed by atoms with van der Waals surface area (Å²) in [7, 11) is 1.62. The van der Waals surface area contributed by atoms with Crippen LogP contribution >= 0.6 is 0 Å². The van der Waals surface area contributed by atoms with E-state index in [1.54, 1.807) is 32.2 Å². The van der Waals surface area contributed by atoms with Gasteiger partial charge >= 0.3 is 0 Å². The molecule has 0 radical (unpaired) electrons. The Morgan fingerprint density at radius 2 is 1.79 bits per heavy atom. The van der Waals surface area contributed by atoms with Gasteiger partial charge in [-0.15, -0.1) is 0 Å². The van der Waals surface area contributed by atoms with Gasteiger partial charge in [-0.05, 0) is 25.1 Å². The second-order valence-corrected chi connectivity index (χ2v) is 5.54. The molecular formula is C19H17FN2O2. The number of hydrogen-bond donors (Lipinski definition) is 0. The molecule has 2 aromatic carbocycles. The standard InChI is InChI=1S/C19H17FN2O2/c1-13-17(21-18(24-13)14-8-4-3-5-9-14)19(23)22(2)12-15-10-6-7-11-16(15)20/h3-11H,12H2,1-2H3. The zero-order valence-electron chi connectivity index (χ0n) is 13.5. The van der Waals surface area contributed by atoms with Crippen LogP contribution in [0.5, 0.6) is 0 Å². The molecular weight excluding hydrogens is 307 g/mol. The molecule has 1 aromatic heterocycles. The summed E-state index contributed by atoms with van der Waals surface area (Å²) >= 11 is 0. The quantitative estimate of drug-likeness (QED) is 0.727. The van der Waals surface area contributed by atoms with Crippen molar-refractivity contribution < 1.29 is 13.6 Å². The first-order valence-electron chi connectivity index (χ1n) is 7.58. The molecule has 0 fully saturated rings. The summed E-state index contributed by atoms with van der Waals surface area (Å²) in [5.41, 5.74) is 1.50. The number of halogens is 1. The van der Waals surface area contributed by atoms with Crippen molar-refractivity contribution in [3.8, 4) is 11.5 Å². The van der Waals surface area contributed by atoms with Crippen LogP contribution in [0.3, 0.4) is 0 Å². The van der Waals surface area contributed by atoms with Gasteiger partial charge in [-0.2, -0.15) is 0 Å². The fourth-order valence-electron chi connectivity index (χ4n) is 2.43. The molecule has 24 heavy (non-hydrogen) atoms. The van der Waals surface area contributed by atoms with E-state index in [2.05, 4.69) is 4.98 Å². The molecule has 1 amide bonds. The normalized spacial score (nSPS) is 10.6. The minimum atomic E-state index is -0.334. The molecule has 0 N–H and O–H groups in total. The molecule has 0 aliphatic rings. The molecule has 0 saturated carbocycles. The third kappa shape index (κ3) is 3.20. The van der Waals surface area contributed by atoms with Gasteiger partial charge in [0.05, 0.1) is 0 Å². The minimum Gasteiger partial charge on any atom is -0.441 e. The van der Waals surface area contributed by atoms with E-state index >= 15 is 0 Å². The van der Waals surface area contributed by atoms with Gasteiger partial charge in [-0.3, -0.25) is 4.79 Å². The Hall–Kier alpha value is -2.95. The highest BCUT2D eigenvalue weighted by Gasteiger charge is 2.22. The summed E-state index contributed by atoms with van der Waals surface area (Å²) in [5.74, 6) is 0.204. The van der Waals surface area contributed by atoms with E-state index in [0.29, 0.717) is 17.2 Å². The molecule has 122 valence electrons. The first-order chi connectivity index (χ1) is 11.6. The number of aryl methyl sites for hydroxylation is 1. The number of benzene rings is 2. The summed E-state index contributed by atoms with van der Waals surface area (Å²) in [6, 6.07) is 15.8. The maximum absolute atomic E-state index is 13.7. The van der Waals surface area contributed by atoms with Crippen molar-refractivity contribution in [2.75, 3.05) is 7.05 Å². The Balaban J connectivity index is 1.82. The van der Waals surface area contributed by atoms with Gasteiger partial charge in [0.1, 0.15) is 11.6 Å². The van der Waals surface area contributed by atoms with E-state index < -0.39 is 0 Å². The molecule has 3 aromatic rings. The van der Waals surface area contributed by atoms with Crippen molar-refractivity contribution in [3.63, 3.8) is 0 Å². The topological polar surface area (TPSA) is 46.3 Å². The van der Waals surface area contributed by atoms with E-state index in [4.69, 9.17) is 4.42 Å². The number of hydrogen-bond acceptors (Lipinski definition) is 3. The van der Waals surface area contributed by atoms with Gasteiger partial charge < -0.3 is 9.32 Å². The van der Waals surface area contributed by atoms with Gasteiger partial charge in [-0.25, -0.2) is 9.37 Å². The van der Waals surface area contributed by atoms with Gasteiger partial charge in [0.15, 0.2) is 5.69 Å². The van der Waals surface area contributed by atoms with Crippen LogP contribution in [0.15, 0.2) is 59.0 Å².